The number of carbonyl (C=O) groups is 1. The van der Waals surface area contributed by atoms with Crippen LogP contribution >= 0.6 is 11.6 Å². The molecule has 1 amide bonds. The number of nitrogens with one attached hydrogen (secondary N) is 3. The third-order valence-corrected chi connectivity index (χ3v) is 4.61. The van der Waals surface area contributed by atoms with Crippen LogP contribution in [0.25, 0.3) is 0 Å². The van der Waals surface area contributed by atoms with E-state index in [1.807, 2.05) is 19.9 Å². The lowest BCUT2D eigenvalue weighted by molar-refractivity contribution is -0.109. The van der Waals surface area contributed by atoms with E-state index in [4.69, 9.17) is 21.8 Å². The van der Waals surface area contributed by atoms with Crippen LogP contribution in [0, 0.1) is 18.3 Å². The highest BCUT2D eigenvalue weighted by Gasteiger charge is 2.12. The van der Waals surface area contributed by atoms with E-state index in [0.29, 0.717) is 23.9 Å². The van der Waals surface area contributed by atoms with Crippen LogP contribution in [-0.4, -0.2) is 36.8 Å². The zero-order valence-corrected chi connectivity index (χ0v) is 17.7. The van der Waals surface area contributed by atoms with Gasteiger partial charge in [0.2, 0.25) is 12.3 Å². The average Bonchev–Trinajstić information content (AvgIpc) is 2.62. The first-order valence-electron chi connectivity index (χ1n) is 9.56. The van der Waals surface area contributed by atoms with Gasteiger partial charge in [-0.15, -0.1) is 0 Å². The minimum Gasteiger partial charge on any atom is -0.367 e. The molecule has 7 heteroatoms. The van der Waals surface area contributed by atoms with Crippen LogP contribution in [0.2, 0.25) is 5.02 Å². The molecule has 1 aromatic carbocycles. The molecule has 0 spiro atoms. The Hall–Kier alpha value is -1.79. The first-order valence-corrected chi connectivity index (χ1v) is 9.93. The molecule has 1 rings (SSSR count). The molecule has 0 saturated heterocycles. The molecule has 0 radical (unpaired) electrons. The van der Waals surface area contributed by atoms with Crippen molar-refractivity contribution in [1.82, 2.24) is 10.2 Å². The highest BCUT2D eigenvalue weighted by Crippen LogP contribution is 2.26. The second kappa shape index (κ2) is 12.6. The molecule has 0 saturated carbocycles. The van der Waals surface area contributed by atoms with Gasteiger partial charge in [-0.1, -0.05) is 32.4 Å². The van der Waals surface area contributed by atoms with E-state index < -0.39 is 0 Å². The highest BCUT2D eigenvalue weighted by atomic mass is 35.5. The van der Waals surface area contributed by atoms with Crippen molar-refractivity contribution in [3.63, 3.8) is 0 Å². The lowest BCUT2D eigenvalue weighted by Gasteiger charge is -2.24. The molecule has 0 aliphatic heterocycles. The molecule has 0 aliphatic rings. The van der Waals surface area contributed by atoms with Crippen molar-refractivity contribution in [3.8, 4) is 0 Å². The van der Waals surface area contributed by atoms with Gasteiger partial charge in [-0.3, -0.25) is 15.1 Å². The predicted molar refractivity (Wildman–Crippen MR) is 112 cm³/mol. The molecule has 0 fully saturated rings. The first-order chi connectivity index (χ1) is 12.9. The second-order valence-electron chi connectivity index (χ2n) is 7.10. The summed E-state index contributed by atoms with van der Waals surface area (Å²) in [4.78, 5) is 18.1. The number of hydrogen-bond donors (Lipinski definition) is 3. The number of carbonyl (C=O) groups excluding carboxylic acids is 1. The number of rotatable bonds is 13. The Morgan fingerprint density at radius 2 is 2.11 bits per heavy atom. The fraction of sp³-hybridized carbons (Fsp3) is 0.600. The summed E-state index contributed by atoms with van der Waals surface area (Å²) >= 11 is 6.30. The molecule has 0 atom stereocenters. The standard InChI is InChI=1S/C20H33ClN4O2/c1-5-20(22)27-24-19-12-18(21)11-17(16(19)4)13-25(10-8-23-14-26)9-6-7-15(2)3/h11-12,14-15,22,24H,5-10,13H2,1-4H3,(H,23,26). The Balaban J connectivity index is 2.85. The van der Waals surface area contributed by atoms with Crippen LogP contribution in [0.3, 0.4) is 0 Å². The third-order valence-electron chi connectivity index (χ3n) is 4.39. The maximum atomic E-state index is 10.6. The fourth-order valence-corrected chi connectivity index (χ4v) is 2.95. The number of halogens is 1. The van der Waals surface area contributed by atoms with Crippen molar-refractivity contribution in [1.29, 1.82) is 5.41 Å². The van der Waals surface area contributed by atoms with Crippen molar-refractivity contribution in [3.05, 3.63) is 28.3 Å². The van der Waals surface area contributed by atoms with Crippen LogP contribution in [0.1, 0.15) is 51.2 Å². The molecule has 3 N–H and O–H groups in total. The van der Waals surface area contributed by atoms with Gasteiger partial charge < -0.3 is 10.2 Å². The van der Waals surface area contributed by atoms with E-state index >= 15 is 0 Å². The van der Waals surface area contributed by atoms with Gasteiger partial charge in [0.15, 0.2) is 0 Å². The van der Waals surface area contributed by atoms with E-state index in [-0.39, 0.29) is 5.90 Å². The maximum absolute atomic E-state index is 10.6. The minimum atomic E-state index is 0.172. The number of nitrogens with zero attached hydrogens (tertiary/aromatic N) is 1. The predicted octanol–water partition coefficient (Wildman–Crippen LogP) is 4.36. The highest BCUT2D eigenvalue weighted by molar-refractivity contribution is 6.31. The van der Waals surface area contributed by atoms with Gasteiger partial charge in [0.05, 0.1) is 5.69 Å². The second-order valence-corrected chi connectivity index (χ2v) is 7.54. The summed E-state index contributed by atoms with van der Waals surface area (Å²) in [6, 6.07) is 3.77. The molecule has 27 heavy (non-hydrogen) atoms. The van der Waals surface area contributed by atoms with E-state index in [0.717, 1.165) is 49.3 Å². The van der Waals surface area contributed by atoms with Crippen LogP contribution in [0.4, 0.5) is 5.69 Å². The van der Waals surface area contributed by atoms with Crippen molar-refractivity contribution >= 4 is 29.6 Å². The fourth-order valence-electron chi connectivity index (χ4n) is 2.71. The summed E-state index contributed by atoms with van der Waals surface area (Å²) in [5.74, 6) is 0.848. The molecular weight excluding hydrogens is 364 g/mol. The molecule has 0 aliphatic carbocycles. The van der Waals surface area contributed by atoms with Crippen molar-refractivity contribution < 1.29 is 9.63 Å². The number of hydrogen-bond acceptors (Lipinski definition) is 5. The molecule has 152 valence electrons. The lowest BCUT2D eigenvalue weighted by atomic mass is 10.1. The van der Waals surface area contributed by atoms with Gasteiger partial charge >= 0.3 is 0 Å². The van der Waals surface area contributed by atoms with Gasteiger partial charge in [-0.2, -0.15) is 0 Å². The van der Waals surface area contributed by atoms with Crippen molar-refractivity contribution in [2.45, 2.75) is 53.5 Å². The smallest absolute Gasteiger partial charge is 0.214 e. The summed E-state index contributed by atoms with van der Waals surface area (Å²) in [5.41, 5.74) is 5.76. The zero-order chi connectivity index (χ0) is 20.2. The van der Waals surface area contributed by atoms with Crippen LogP contribution in [0.15, 0.2) is 12.1 Å². The lowest BCUT2D eigenvalue weighted by Crippen LogP contribution is -2.32. The Bertz CT molecular complexity index is 608. The summed E-state index contributed by atoms with van der Waals surface area (Å²) in [7, 11) is 0. The van der Waals surface area contributed by atoms with E-state index in [1.165, 1.54) is 6.42 Å². The van der Waals surface area contributed by atoms with Gasteiger partial charge in [-0.25, -0.2) is 5.48 Å². The monoisotopic (exact) mass is 396 g/mol. The number of amides is 1. The third kappa shape index (κ3) is 9.11. The first kappa shape index (κ1) is 23.2. The molecular formula is C20H33ClN4O2. The summed E-state index contributed by atoms with van der Waals surface area (Å²) in [6.45, 7) is 11.4. The Morgan fingerprint density at radius 1 is 1.37 bits per heavy atom. The largest absolute Gasteiger partial charge is 0.367 e. The van der Waals surface area contributed by atoms with Gasteiger partial charge in [0.1, 0.15) is 0 Å². The number of anilines is 1. The van der Waals surface area contributed by atoms with Crippen LogP contribution in [-0.2, 0) is 16.2 Å². The number of benzene rings is 1. The van der Waals surface area contributed by atoms with Gasteiger partial charge in [0.25, 0.3) is 0 Å². The SMILES string of the molecule is CCC(=N)ONc1cc(Cl)cc(CN(CCCC(C)C)CCNC=O)c1C. The average molecular weight is 397 g/mol. The quantitative estimate of drug-likeness (QED) is 0.152. The van der Waals surface area contributed by atoms with E-state index in [1.54, 1.807) is 6.07 Å². The molecule has 0 bridgehead atoms. The summed E-state index contributed by atoms with van der Waals surface area (Å²) in [5, 5.41) is 11.0. The molecule has 0 aromatic heterocycles. The Labute approximate surface area is 168 Å². The maximum Gasteiger partial charge on any atom is 0.214 e. The topological polar surface area (TPSA) is 77.5 Å². The summed E-state index contributed by atoms with van der Waals surface area (Å²) < 4.78 is 0. The zero-order valence-electron chi connectivity index (χ0n) is 16.9. The van der Waals surface area contributed by atoms with Crippen LogP contribution < -0.4 is 10.8 Å². The van der Waals surface area contributed by atoms with Crippen molar-refractivity contribution in [2.75, 3.05) is 25.1 Å². The van der Waals surface area contributed by atoms with Gasteiger partial charge in [-0.05, 0) is 55.5 Å². The molecule has 1 aromatic rings. The normalized spacial score (nSPS) is 10.9. The Morgan fingerprint density at radius 3 is 2.74 bits per heavy atom. The Kier molecular flexibility index (Phi) is 10.8. The van der Waals surface area contributed by atoms with Gasteiger partial charge in [0, 0.05) is 31.1 Å². The van der Waals surface area contributed by atoms with Crippen LogP contribution in [0.5, 0.6) is 0 Å². The molecule has 0 unspecified atom stereocenters. The van der Waals surface area contributed by atoms with E-state index in [9.17, 15) is 4.79 Å². The molecule has 0 heterocycles. The molecule has 6 nitrogen and oxygen atoms in total. The minimum absolute atomic E-state index is 0.172. The van der Waals surface area contributed by atoms with E-state index in [2.05, 4.69) is 29.5 Å². The summed E-state index contributed by atoms with van der Waals surface area (Å²) in [6.07, 6.45) is 3.54. The van der Waals surface area contributed by atoms with Crippen molar-refractivity contribution in [2.24, 2.45) is 5.92 Å².